The van der Waals surface area contributed by atoms with Crippen molar-refractivity contribution in [3.63, 3.8) is 0 Å². The topological polar surface area (TPSA) is 140 Å². The minimum atomic E-state index is -1.25. The number of rotatable bonds is 7. The second-order valence-corrected chi connectivity index (χ2v) is 12.3. The van der Waals surface area contributed by atoms with E-state index >= 15 is 0 Å². The lowest BCUT2D eigenvalue weighted by Gasteiger charge is -2.25. The van der Waals surface area contributed by atoms with E-state index in [0.717, 1.165) is 11.1 Å². The highest BCUT2D eigenvalue weighted by molar-refractivity contribution is 6.30. The van der Waals surface area contributed by atoms with Gasteiger partial charge in [-0.2, -0.15) is 0 Å². The van der Waals surface area contributed by atoms with Crippen molar-refractivity contribution in [3.8, 4) is 0 Å². The molecule has 1 aliphatic carbocycles. The van der Waals surface area contributed by atoms with Gasteiger partial charge in [-0.05, 0) is 79.6 Å². The Morgan fingerprint density at radius 3 is 2.19 bits per heavy atom. The summed E-state index contributed by atoms with van der Waals surface area (Å²) < 4.78 is 48.9. The highest BCUT2D eigenvalue weighted by Gasteiger charge is 2.36. The van der Waals surface area contributed by atoms with Crippen LogP contribution in [-0.4, -0.2) is 64.5 Å². The first-order valence-corrected chi connectivity index (χ1v) is 17.0. The van der Waals surface area contributed by atoms with Crippen LogP contribution in [0.1, 0.15) is 48.2 Å². The van der Waals surface area contributed by atoms with E-state index in [4.69, 9.17) is 43.1 Å². The SMILES string of the molecule is CCOC(C)(OCC)C(=O)OC.COC(=O)c1nc2ccc(Cl)nc2c2cc3c(F)cccc3n12.Nc1ccc(Cl)nc1C1=Cc2c(F)cccc2C1. The van der Waals surface area contributed by atoms with Gasteiger partial charge < -0.3 is 24.7 Å². The van der Waals surface area contributed by atoms with Crippen molar-refractivity contribution in [3.05, 3.63) is 111 Å². The van der Waals surface area contributed by atoms with Gasteiger partial charge in [0, 0.05) is 37.5 Å². The highest BCUT2D eigenvalue weighted by Crippen LogP contribution is 2.35. The van der Waals surface area contributed by atoms with E-state index in [1.54, 1.807) is 75.4 Å². The van der Waals surface area contributed by atoms with Gasteiger partial charge in [0.1, 0.15) is 27.5 Å². The molecule has 0 saturated heterocycles. The molecule has 15 heteroatoms. The standard InChI is InChI=1S/C16H9ClFN3O2.C14H10ClFN2.C8H16O4/c1-23-16(22)15-19-10-5-6-13(17)20-14(10)12-7-8-9(18)3-2-4-11(8)21(12)15;15-13-5-4-12(17)14(18-13)9-6-8-2-1-3-11(16)10(8)7-9;1-5-11-8(3,12-6-2)7(9)10-4/h2-7H,1H3;1-5,7H,6,17H2;5-6H2,1-4H3. The minimum Gasteiger partial charge on any atom is -0.465 e. The Morgan fingerprint density at radius 1 is 0.868 bits per heavy atom. The Morgan fingerprint density at radius 2 is 1.53 bits per heavy atom. The smallest absolute Gasteiger partial charge is 0.374 e. The lowest BCUT2D eigenvalue weighted by molar-refractivity contribution is -0.235. The van der Waals surface area contributed by atoms with Crippen LogP contribution in [0, 0.1) is 11.6 Å². The van der Waals surface area contributed by atoms with Crippen molar-refractivity contribution in [1.82, 2.24) is 19.4 Å². The number of aromatic nitrogens is 4. The van der Waals surface area contributed by atoms with Crippen LogP contribution in [0.4, 0.5) is 14.5 Å². The van der Waals surface area contributed by atoms with Crippen LogP contribution in [0.5, 0.6) is 0 Å². The number of ether oxygens (including phenoxy) is 4. The van der Waals surface area contributed by atoms with Gasteiger partial charge in [0.2, 0.25) is 5.82 Å². The van der Waals surface area contributed by atoms with E-state index in [1.165, 1.54) is 30.8 Å². The Kier molecular flexibility index (Phi) is 12.2. The molecule has 0 saturated carbocycles. The third-order valence-electron chi connectivity index (χ3n) is 8.12. The Hall–Kier alpha value is -5.21. The number of nitrogen functional groups attached to an aromatic ring is 1. The summed E-state index contributed by atoms with van der Waals surface area (Å²) in [7, 11) is 2.57. The number of nitrogens with two attached hydrogens (primary N) is 1. The lowest BCUT2D eigenvalue weighted by atomic mass is 10.1. The van der Waals surface area contributed by atoms with Gasteiger partial charge in [-0.25, -0.2) is 33.3 Å². The summed E-state index contributed by atoms with van der Waals surface area (Å²) in [5, 5.41) is 1.04. The zero-order chi connectivity index (χ0) is 38.4. The number of benzene rings is 2. The monoisotopic (exact) mass is 765 g/mol. The lowest BCUT2D eigenvalue weighted by Crippen LogP contribution is -2.42. The maximum Gasteiger partial charge on any atom is 0.374 e. The van der Waals surface area contributed by atoms with Crippen LogP contribution < -0.4 is 5.73 Å². The second kappa shape index (κ2) is 16.6. The van der Waals surface area contributed by atoms with Crippen molar-refractivity contribution in [2.45, 2.75) is 33.0 Å². The Balaban J connectivity index is 0.000000162. The molecule has 0 aliphatic heterocycles. The second-order valence-electron chi connectivity index (χ2n) is 11.5. The molecule has 0 bridgehead atoms. The predicted molar refractivity (Wildman–Crippen MR) is 200 cm³/mol. The number of nitrogens with zero attached hydrogens (tertiary/aromatic N) is 4. The van der Waals surface area contributed by atoms with Crippen LogP contribution in [0.25, 0.3) is 39.1 Å². The summed E-state index contributed by atoms with van der Waals surface area (Å²) in [6.45, 7) is 5.95. The third kappa shape index (κ3) is 8.23. The van der Waals surface area contributed by atoms with Gasteiger partial charge in [-0.3, -0.25) is 4.40 Å². The molecule has 4 aromatic heterocycles. The average Bonchev–Trinajstić information content (AvgIpc) is 3.77. The van der Waals surface area contributed by atoms with E-state index in [1.807, 2.05) is 6.07 Å². The van der Waals surface area contributed by atoms with Gasteiger partial charge in [0.25, 0.3) is 5.79 Å². The molecule has 11 nitrogen and oxygen atoms in total. The molecule has 2 aromatic carbocycles. The zero-order valence-electron chi connectivity index (χ0n) is 29.4. The number of esters is 2. The third-order valence-corrected chi connectivity index (χ3v) is 8.54. The first-order chi connectivity index (χ1) is 25.3. The molecular formula is C38H35Cl2F2N5O6. The van der Waals surface area contributed by atoms with Crippen molar-refractivity contribution >= 4 is 79.9 Å². The fourth-order valence-corrected chi connectivity index (χ4v) is 6.07. The van der Waals surface area contributed by atoms with Gasteiger partial charge in [0.15, 0.2) is 0 Å². The summed E-state index contributed by atoms with van der Waals surface area (Å²) in [6, 6.07) is 17.9. The molecule has 2 N–H and O–H groups in total. The number of hydrogen-bond donors (Lipinski definition) is 1. The molecule has 53 heavy (non-hydrogen) atoms. The molecule has 276 valence electrons. The number of carbonyl (C=O) groups is 2. The number of fused-ring (bicyclic) bond motifs is 6. The molecule has 0 atom stereocenters. The van der Waals surface area contributed by atoms with E-state index < -0.39 is 23.5 Å². The number of methoxy groups -OCH3 is 2. The summed E-state index contributed by atoms with van der Waals surface area (Å²) in [5.41, 5.74) is 11.6. The number of allylic oxidation sites excluding steroid dienone is 1. The van der Waals surface area contributed by atoms with Crippen molar-refractivity contribution in [2.75, 3.05) is 33.2 Å². The number of hydrogen-bond acceptors (Lipinski definition) is 10. The highest BCUT2D eigenvalue weighted by atomic mass is 35.5. The first-order valence-electron chi connectivity index (χ1n) is 16.3. The van der Waals surface area contributed by atoms with Crippen LogP contribution in [0.15, 0.2) is 66.7 Å². The fraction of sp³-hybridized carbons (Fsp3) is 0.237. The Labute approximate surface area is 313 Å². The molecule has 0 amide bonds. The first kappa shape index (κ1) is 39.0. The molecular weight excluding hydrogens is 731 g/mol. The van der Waals surface area contributed by atoms with Crippen LogP contribution in [0.3, 0.4) is 0 Å². The maximum absolute atomic E-state index is 14.1. The number of carbonyl (C=O) groups excluding carboxylic acids is 2. The Bertz CT molecular complexity index is 2360. The summed E-state index contributed by atoms with van der Waals surface area (Å²) >= 11 is 11.8. The molecule has 0 unspecified atom stereocenters. The molecule has 0 spiro atoms. The van der Waals surface area contributed by atoms with Gasteiger partial charge in [-0.15, -0.1) is 0 Å². The van der Waals surface area contributed by atoms with E-state index in [-0.39, 0.29) is 16.8 Å². The maximum atomic E-state index is 14.1. The molecule has 6 aromatic rings. The number of halogens is 4. The fourth-order valence-electron chi connectivity index (χ4n) is 5.78. The van der Waals surface area contributed by atoms with Crippen molar-refractivity contribution in [2.24, 2.45) is 0 Å². The van der Waals surface area contributed by atoms with Gasteiger partial charge >= 0.3 is 11.9 Å². The van der Waals surface area contributed by atoms with Crippen molar-refractivity contribution < 1.29 is 37.3 Å². The number of anilines is 1. The predicted octanol–water partition coefficient (Wildman–Crippen LogP) is 8.12. The van der Waals surface area contributed by atoms with Crippen LogP contribution in [-0.2, 0) is 30.2 Å². The summed E-state index contributed by atoms with van der Waals surface area (Å²) in [5.74, 6) is -2.93. The summed E-state index contributed by atoms with van der Waals surface area (Å²) in [4.78, 5) is 36.1. The average molecular weight is 767 g/mol. The van der Waals surface area contributed by atoms with Crippen molar-refractivity contribution in [1.29, 1.82) is 0 Å². The number of pyridine rings is 2. The summed E-state index contributed by atoms with van der Waals surface area (Å²) in [6.07, 6.45) is 2.42. The van der Waals surface area contributed by atoms with Gasteiger partial charge in [-0.1, -0.05) is 41.4 Å². The van der Waals surface area contributed by atoms with E-state index in [9.17, 15) is 18.4 Å². The molecule has 0 fully saturated rings. The molecule has 7 rings (SSSR count). The van der Waals surface area contributed by atoms with Crippen LogP contribution in [0.2, 0.25) is 10.3 Å². The van der Waals surface area contributed by atoms with Gasteiger partial charge in [0.05, 0.1) is 42.2 Å². The quantitative estimate of drug-likeness (QED) is 0.0963. The van der Waals surface area contributed by atoms with Crippen LogP contribution >= 0.6 is 23.2 Å². The minimum absolute atomic E-state index is 0.0553. The zero-order valence-corrected chi connectivity index (χ0v) is 30.9. The van der Waals surface area contributed by atoms with E-state index in [0.29, 0.717) is 69.2 Å². The largest absolute Gasteiger partial charge is 0.465 e. The molecule has 1 aliphatic rings. The molecule has 0 radical (unpaired) electrons. The van der Waals surface area contributed by atoms with E-state index in [2.05, 4.69) is 19.7 Å². The normalized spacial score (nSPS) is 12.1. The molecule has 4 heterocycles.